The van der Waals surface area contributed by atoms with Crippen LogP contribution >= 0.6 is 11.6 Å². The largest absolute Gasteiger partial charge is 0.444 e. The fraction of sp³-hybridized carbons (Fsp3) is 0.375. The van der Waals surface area contributed by atoms with Gasteiger partial charge >= 0.3 is 6.09 Å². The molecule has 0 aliphatic rings. The van der Waals surface area contributed by atoms with Gasteiger partial charge < -0.3 is 15.4 Å². The van der Waals surface area contributed by atoms with Crippen molar-refractivity contribution in [1.82, 2.24) is 20.3 Å². The van der Waals surface area contributed by atoms with Gasteiger partial charge in [-0.05, 0) is 50.8 Å². The number of carbonyl (C=O) groups excluding carboxylic acids is 1. The lowest BCUT2D eigenvalue weighted by atomic mass is 10.0. The molecular weight excluding hydrogens is 426 g/mol. The third-order valence-electron chi connectivity index (χ3n) is 4.61. The van der Waals surface area contributed by atoms with Gasteiger partial charge in [-0.2, -0.15) is 0 Å². The minimum absolute atomic E-state index is 0.387. The molecule has 0 radical (unpaired) electrons. The van der Waals surface area contributed by atoms with E-state index < -0.39 is 5.60 Å². The van der Waals surface area contributed by atoms with E-state index in [1.54, 1.807) is 4.68 Å². The van der Waals surface area contributed by atoms with Gasteiger partial charge in [-0.25, -0.2) is 4.79 Å². The van der Waals surface area contributed by atoms with Crippen molar-refractivity contribution < 1.29 is 9.53 Å². The van der Waals surface area contributed by atoms with Gasteiger partial charge in [0.05, 0.1) is 6.20 Å². The summed E-state index contributed by atoms with van der Waals surface area (Å²) in [5.41, 5.74) is 2.70. The number of hydrogen-bond donors (Lipinski definition) is 2. The molecule has 0 unspecified atom stereocenters. The molecule has 2 N–H and O–H groups in total. The summed E-state index contributed by atoms with van der Waals surface area (Å²) in [5.74, 6) is 0.708. The molecule has 0 aliphatic carbocycles. The van der Waals surface area contributed by atoms with Gasteiger partial charge in [0.1, 0.15) is 5.60 Å². The van der Waals surface area contributed by atoms with Crippen LogP contribution in [0.1, 0.15) is 39.2 Å². The molecule has 0 saturated heterocycles. The Hall–Kier alpha value is -3.06. The van der Waals surface area contributed by atoms with E-state index in [9.17, 15) is 4.79 Å². The zero-order chi connectivity index (χ0) is 23.0. The number of benzene rings is 2. The van der Waals surface area contributed by atoms with Crippen molar-refractivity contribution in [3.63, 3.8) is 0 Å². The summed E-state index contributed by atoms with van der Waals surface area (Å²) < 4.78 is 7.00. The third kappa shape index (κ3) is 7.57. The Bertz CT molecular complexity index is 1010. The molecule has 1 amide bonds. The highest BCUT2D eigenvalue weighted by atomic mass is 35.5. The molecule has 0 aliphatic heterocycles. The predicted molar refractivity (Wildman–Crippen MR) is 128 cm³/mol. The van der Waals surface area contributed by atoms with Crippen LogP contribution in [0.25, 0.3) is 11.1 Å². The SMILES string of the molecule is CC(C)(C)OC(=O)NCCCCn1cc(NCc2ccc(-c3ccccc3)c(Cl)c2)nn1. The van der Waals surface area contributed by atoms with Crippen LogP contribution in [-0.4, -0.2) is 33.2 Å². The molecule has 1 aromatic heterocycles. The van der Waals surface area contributed by atoms with Crippen molar-refractivity contribution in [3.05, 3.63) is 65.3 Å². The van der Waals surface area contributed by atoms with Crippen LogP contribution in [0.5, 0.6) is 0 Å². The van der Waals surface area contributed by atoms with Crippen molar-refractivity contribution in [2.75, 3.05) is 11.9 Å². The Labute approximate surface area is 194 Å². The molecule has 7 nitrogen and oxygen atoms in total. The molecule has 3 rings (SSSR count). The summed E-state index contributed by atoms with van der Waals surface area (Å²) in [5, 5.41) is 15.1. The van der Waals surface area contributed by atoms with E-state index >= 15 is 0 Å². The number of anilines is 1. The quantitative estimate of drug-likeness (QED) is 0.415. The van der Waals surface area contributed by atoms with Crippen molar-refractivity contribution >= 4 is 23.5 Å². The molecule has 0 atom stereocenters. The number of alkyl carbamates (subject to hydrolysis) is 1. The minimum atomic E-state index is -0.483. The highest BCUT2D eigenvalue weighted by Gasteiger charge is 2.15. The monoisotopic (exact) mass is 455 g/mol. The first-order valence-corrected chi connectivity index (χ1v) is 11.1. The molecule has 2 aromatic carbocycles. The first-order chi connectivity index (χ1) is 15.3. The van der Waals surface area contributed by atoms with Gasteiger partial charge in [0.2, 0.25) is 0 Å². The Balaban J connectivity index is 1.40. The second-order valence-electron chi connectivity index (χ2n) is 8.54. The van der Waals surface area contributed by atoms with E-state index in [0.717, 1.165) is 41.1 Å². The van der Waals surface area contributed by atoms with Crippen LogP contribution in [0.3, 0.4) is 0 Å². The minimum Gasteiger partial charge on any atom is -0.444 e. The maximum Gasteiger partial charge on any atom is 0.407 e. The van der Waals surface area contributed by atoms with Gasteiger partial charge in [-0.15, -0.1) is 5.10 Å². The molecular formula is C24H30ClN5O2. The van der Waals surface area contributed by atoms with Crippen LogP contribution in [0.4, 0.5) is 10.6 Å². The first-order valence-electron chi connectivity index (χ1n) is 10.7. The molecule has 170 valence electrons. The van der Waals surface area contributed by atoms with Gasteiger partial charge in [-0.3, -0.25) is 4.68 Å². The summed E-state index contributed by atoms with van der Waals surface area (Å²) in [4.78, 5) is 11.6. The number of aryl methyl sites for hydroxylation is 1. The van der Waals surface area contributed by atoms with Crippen molar-refractivity contribution in [2.24, 2.45) is 0 Å². The van der Waals surface area contributed by atoms with Gasteiger partial charge in [0, 0.05) is 30.2 Å². The summed E-state index contributed by atoms with van der Waals surface area (Å²) in [6.07, 6.45) is 3.19. The molecule has 32 heavy (non-hydrogen) atoms. The highest BCUT2D eigenvalue weighted by Crippen LogP contribution is 2.28. The van der Waals surface area contributed by atoms with Crippen LogP contribution in [0, 0.1) is 0 Å². The van der Waals surface area contributed by atoms with E-state index in [-0.39, 0.29) is 6.09 Å². The lowest BCUT2D eigenvalue weighted by molar-refractivity contribution is 0.0527. The molecule has 0 saturated carbocycles. The highest BCUT2D eigenvalue weighted by molar-refractivity contribution is 6.33. The number of hydrogen-bond acceptors (Lipinski definition) is 5. The Morgan fingerprint density at radius 1 is 1.12 bits per heavy atom. The number of nitrogens with one attached hydrogen (secondary N) is 2. The van der Waals surface area contributed by atoms with Crippen molar-refractivity contribution in [2.45, 2.75) is 52.3 Å². The van der Waals surface area contributed by atoms with E-state index in [4.69, 9.17) is 16.3 Å². The number of carbonyl (C=O) groups is 1. The lowest BCUT2D eigenvalue weighted by Gasteiger charge is -2.19. The fourth-order valence-corrected chi connectivity index (χ4v) is 3.42. The van der Waals surface area contributed by atoms with Crippen molar-refractivity contribution in [3.8, 4) is 11.1 Å². The first kappa shape index (κ1) is 23.6. The Morgan fingerprint density at radius 2 is 1.91 bits per heavy atom. The maximum atomic E-state index is 11.6. The van der Waals surface area contributed by atoms with E-state index in [2.05, 4.69) is 27.0 Å². The number of amides is 1. The Morgan fingerprint density at radius 3 is 2.62 bits per heavy atom. The summed E-state index contributed by atoms with van der Waals surface area (Å²) in [6, 6.07) is 16.2. The second kappa shape index (κ2) is 11.0. The number of unbranched alkanes of at least 4 members (excludes halogenated alkanes) is 1. The summed E-state index contributed by atoms with van der Waals surface area (Å²) in [7, 11) is 0. The van der Waals surface area contributed by atoms with Crippen molar-refractivity contribution in [1.29, 1.82) is 0 Å². The lowest BCUT2D eigenvalue weighted by Crippen LogP contribution is -2.33. The number of nitrogens with zero attached hydrogens (tertiary/aromatic N) is 3. The number of ether oxygens (including phenoxy) is 1. The Kier molecular flexibility index (Phi) is 8.11. The summed E-state index contributed by atoms with van der Waals surface area (Å²) >= 11 is 6.49. The van der Waals surface area contributed by atoms with E-state index in [0.29, 0.717) is 18.9 Å². The average Bonchev–Trinajstić information content (AvgIpc) is 3.19. The zero-order valence-corrected chi connectivity index (χ0v) is 19.5. The van der Waals surface area contributed by atoms with Gasteiger partial charge in [0.25, 0.3) is 0 Å². The maximum absolute atomic E-state index is 11.6. The zero-order valence-electron chi connectivity index (χ0n) is 18.8. The number of aromatic nitrogens is 3. The third-order valence-corrected chi connectivity index (χ3v) is 4.93. The van der Waals surface area contributed by atoms with Gasteiger partial charge in [0.15, 0.2) is 5.82 Å². The van der Waals surface area contributed by atoms with E-state index in [1.165, 1.54) is 0 Å². The average molecular weight is 456 g/mol. The molecule has 0 spiro atoms. The standard InChI is InChI=1S/C24H30ClN5O2/c1-24(2,3)32-23(31)26-13-7-8-14-30-17-22(28-29-30)27-16-18-11-12-20(21(25)15-18)19-9-5-4-6-10-19/h4-6,9-12,15,17,27H,7-8,13-14,16H2,1-3H3,(H,26,31). The van der Waals surface area contributed by atoms with Crippen LogP contribution in [-0.2, 0) is 17.8 Å². The topological polar surface area (TPSA) is 81.1 Å². The molecule has 0 fully saturated rings. The fourth-order valence-electron chi connectivity index (χ4n) is 3.11. The molecule has 8 heteroatoms. The number of halogens is 1. The molecule has 0 bridgehead atoms. The van der Waals surface area contributed by atoms with Crippen LogP contribution in [0.15, 0.2) is 54.7 Å². The predicted octanol–water partition coefficient (Wildman–Crippen LogP) is 5.52. The number of rotatable bonds is 9. The van der Waals surface area contributed by atoms with Crippen LogP contribution < -0.4 is 10.6 Å². The smallest absolute Gasteiger partial charge is 0.407 e. The summed E-state index contributed by atoms with van der Waals surface area (Å²) in [6.45, 7) is 7.43. The molecule has 1 heterocycles. The van der Waals surface area contributed by atoms with Gasteiger partial charge in [-0.1, -0.05) is 59.3 Å². The molecule has 3 aromatic rings. The van der Waals surface area contributed by atoms with E-state index in [1.807, 2.05) is 69.4 Å². The normalized spacial score (nSPS) is 11.2. The van der Waals surface area contributed by atoms with Crippen LogP contribution in [0.2, 0.25) is 5.02 Å². The second-order valence-corrected chi connectivity index (χ2v) is 8.94.